The van der Waals surface area contributed by atoms with Gasteiger partial charge < -0.3 is 15.8 Å². The van der Waals surface area contributed by atoms with Gasteiger partial charge in [-0.25, -0.2) is 0 Å². The molecule has 0 saturated heterocycles. The molecule has 0 radical (unpaired) electrons. The number of carbonyl (C=O) groups excluding carboxylic acids is 1. The molecule has 1 fully saturated rings. The molecule has 3 N–H and O–H groups in total. The minimum absolute atomic E-state index is 0. The summed E-state index contributed by atoms with van der Waals surface area (Å²) in [5.41, 5.74) is 6.83. The predicted molar refractivity (Wildman–Crippen MR) is 93.7 cm³/mol. The highest BCUT2D eigenvalue weighted by atomic mass is 35.5. The van der Waals surface area contributed by atoms with Crippen molar-refractivity contribution in [3.8, 4) is 0 Å². The summed E-state index contributed by atoms with van der Waals surface area (Å²) in [6, 6.07) is 10.1. The van der Waals surface area contributed by atoms with E-state index in [2.05, 4.69) is 5.32 Å². The van der Waals surface area contributed by atoms with Gasteiger partial charge in [-0.2, -0.15) is 0 Å². The number of hydrogen-bond donors (Lipinski definition) is 2. The first-order chi connectivity index (χ1) is 9.68. The Balaban J connectivity index is 0.00000220. The van der Waals surface area contributed by atoms with Gasteiger partial charge >= 0.3 is 5.97 Å². The first-order valence-corrected chi connectivity index (χ1v) is 7.32. The van der Waals surface area contributed by atoms with Crippen LogP contribution in [0, 0.1) is 0 Å². The van der Waals surface area contributed by atoms with Gasteiger partial charge in [-0.3, -0.25) is 4.79 Å². The minimum atomic E-state index is -0.481. The van der Waals surface area contributed by atoms with Gasteiger partial charge in [0.05, 0.1) is 7.11 Å². The number of nitrogens with one attached hydrogen (secondary N) is 1. The summed E-state index contributed by atoms with van der Waals surface area (Å²) in [7, 11) is 1.46. The zero-order chi connectivity index (χ0) is 14.4. The lowest BCUT2D eigenvalue weighted by Crippen LogP contribution is -2.51. The second kappa shape index (κ2) is 10.1. The third-order valence-electron chi connectivity index (χ3n) is 4.18. The number of methoxy groups -OCH3 is 1. The van der Waals surface area contributed by atoms with E-state index in [1.807, 2.05) is 30.3 Å². The molecule has 0 heterocycles. The van der Waals surface area contributed by atoms with Crippen molar-refractivity contribution in [3.63, 3.8) is 0 Å². The first kappa shape index (κ1) is 21.2. The number of halogens is 2. The van der Waals surface area contributed by atoms with E-state index in [0.717, 1.165) is 44.2 Å². The van der Waals surface area contributed by atoms with E-state index in [-0.39, 0.29) is 36.8 Å². The second-order valence-electron chi connectivity index (χ2n) is 5.51. The van der Waals surface area contributed by atoms with Gasteiger partial charge in [0.15, 0.2) is 0 Å². The van der Waals surface area contributed by atoms with Crippen LogP contribution in [0.5, 0.6) is 0 Å². The van der Waals surface area contributed by atoms with Gasteiger partial charge in [-0.15, -0.1) is 24.8 Å². The van der Waals surface area contributed by atoms with Crippen LogP contribution in [0.3, 0.4) is 0 Å². The molecule has 4 nitrogen and oxygen atoms in total. The van der Waals surface area contributed by atoms with E-state index >= 15 is 0 Å². The number of rotatable bonds is 6. The van der Waals surface area contributed by atoms with Crippen molar-refractivity contribution in [3.05, 3.63) is 35.9 Å². The molecule has 1 aliphatic rings. The van der Waals surface area contributed by atoms with Crippen molar-refractivity contribution >= 4 is 30.8 Å². The highest BCUT2D eigenvalue weighted by molar-refractivity contribution is 5.85. The van der Waals surface area contributed by atoms with Crippen LogP contribution in [0.25, 0.3) is 0 Å². The Morgan fingerprint density at radius 3 is 2.41 bits per heavy atom. The average Bonchev–Trinajstić information content (AvgIpc) is 2.97. The van der Waals surface area contributed by atoms with Gasteiger partial charge in [0, 0.05) is 6.04 Å². The topological polar surface area (TPSA) is 64.3 Å². The van der Waals surface area contributed by atoms with E-state index in [1.54, 1.807) is 0 Å². The standard InChI is InChI=1S/C16H24N2O2.2ClH/c1-20-15(19)16(10-5-6-11-16)18-12-9-14(17)13-7-3-2-4-8-13;;/h2-4,7-8,14,18H,5-6,9-12,17H2,1H3;2*1H. The molecular weight excluding hydrogens is 323 g/mol. The predicted octanol–water partition coefficient (Wildman–Crippen LogP) is 3.00. The molecule has 1 aliphatic carbocycles. The van der Waals surface area contributed by atoms with Crippen molar-refractivity contribution < 1.29 is 9.53 Å². The Morgan fingerprint density at radius 1 is 1.27 bits per heavy atom. The molecule has 1 aromatic carbocycles. The molecule has 1 atom stereocenters. The van der Waals surface area contributed by atoms with E-state index < -0.39 is 5.54 Å². The maximum atomic E-state index is 12.0. The van der Waals surface area contributed by atoms with Gasteiger partial charge in [0.25, 0.3) is 0 Å². The van der Waals surface area contributed by atoms with E-state index in [0.29, 0.717) is 0 Å². The van der Waals surface area contributed by atoms with Crippen LogP contribution >= 0.6 is 24.8 Å². The molecule has 0 amide bonds. The molecule has 2 rings (SSSR count). The Kier molecular flexibility index (Phi) is 9.69. The molecule has 126 valence electrons. The summed E-state index contributed by atoms with van der Waals surface area (Å²) in [5.74, 6) is -0.136. The molecule has 6 heteroatoms. The lowest BCUT2D eigenvalue weighted by atomic mass is 9.97. The molecular formula is C16H26Cl2N2O2. The van der Waals surface area contributed by atoms with Crippen molar-refractivity contribution in [2.45, 2.75) is 43.7 Å². The normalized spacial score (nSPS) is 17.0. The molecule has 22 heavy (non-hydrogen) atoms. The fraction of sp³-hybridized carbons (Fsp3) is 0.562. The summed E-state index contributed by atoms with van der Waals surface area (Å²) in [4.78, 5) is 12.0. The Morgan fingerprint density at radius 2 is 1.86 bits per heavy atom. The number of carbonyl (C=O) groups is 1. The highest BCUT2D eigenvalue weighted by Gasteiger charge is 2.41. The number of hydrogen-bond acceptors (Lipinski definition) is 4. The molecule has 1 unspecified atom stereocenters. The molecule has 1 aromatic rings. The van der Waals surface area contributed by atoms with Crippen LogP contribution in [0.1, 0.15) is 43.7 Å². The van der Waals surface area contributed by atoms with E-state index in [9.17, 15) is 4.79 Å². The van der Waals surface area contributed by atoms with Gasteiger partial charge in [-0.1, -0.05) is 43.2 Å². The second-order valence-corrected chi connectivity index (χ2v) is 5.51. The summed E-state index contributed by atoms with van der Waals surface area (Å²) < 4.78 is 4.95. The summed E-state index contributed by atoms with van der Waals surface area (Å²) in [6.07, 6.45) is 4.68. The van der Waals surface area contributed by atoms with Gasteiger partial charge in [-0.05, 0) is 31.4 Å². The molecule has 1 saturated carbocycles. The van der Waals surface area contributed by atoms with Crippen molar-refractivity contribution in [2.24, 2.45) is 5.73 Å². The molecule has 0 aromatic heterocycles. The smallest absolute Gasteiger partial charge is 0.326 e. The average molecular weight is 349 g/mol. The van der Waals surface area contributed by atoms with Gasteiger partial charge in [0.1, 0.15) is 5.54 Å². The summed E-state index contributed by atoms with van der Waals surface area (Å²) in [6.45, 7) is 0.727. The van der Waals surface area contributed by atoms with E-state index in [1.165, 1.54) is 7.11 Å². The highest BCUT2D eigenvalue weighted by Crippen LogP contribution is 2.31. The summed E-state index contributed by atoms with van der Waals surface area (Å²) in [5, 5.41) is 3.39. The summed E-state index contributed by atoms with van der Waals surface area (Å²) >= 11 is 0. The number of benzene rings is 1. The Hall–Kier alpha value is -0.810. The van der Waals surface area contributed by atoms with Crippen LogP contribution in [-0.4, -0.2) is 25.2 Å². The Bertz CT molecular complexity index is 437. The van der Waals surface area contributed by atoms with Crippen molar-refractivity contribution in [2.75, 3.05) is 13.7 Å². The first-order valence-electron chi connectivity index (χ1n) is 7.32. The van der Waals surface area contributed by atoms with Crippen LogP contribution in [-0.2, 0) is 9.53 Å². The van der Waals surface area contributed by atoms with Crippen LogP contribution in [0.2, 0.25) is 0 Å². The van der Waals surface area contributed by atoms with Crippen LogP contribution < -0.4 is 11.1 Å². The maximum Gasteiger partial charge on any atom is 0.326 e. The quantitative estimate of drug-likeness (QED) is 0.775. The molecule has 0 bridgehead atoms. The zero-order valence-corrected chi connectivity index (χ0v) is 14.6. The monoisotopic (exact) mass is 348 g/mol. The third kappa shape index (κ3) is 5.13. The number of esters is 1. The Labute approximate surface area is 145 Å². The SMILES string of the molecule is COC(=O)C1(NCCC(N)c2ccccc2)CCCC1.Cl.Cl. The lowest BCUT2D eigenvalue weighted by Gasteiger charge is -2.28. The maximum absolute atomic E-state index is 12.0. The fourth-order valence-corrected chi connectivity index (χ4v) is 2.96. The number of nitrogens with two attached hydrogens (primary N) is 1. The van der Waals surface area contributed by atoms with Crippen molar-refractivity contribution in [1.82, 2.24) is 5.32 Å². The number of ether oxygens (including phenoxy) is 1. The van der Waals surface area contributed by atoms with Crippen LogP contribution in [0.4, 0.5) is 0 Å². The van der Waals surface area contributed by atoms with Crippen LogP contribution in [0.15, 0.2) is 30.3 Å². The van der Waals surface area contributed by atoms with Crippen molar-refractivity contribution in [1.29, 1.82) is 0 Å². The molecule has 0 aliphatic heterocycles. The van der Waals surface area contributed by atoms with Gasteiger partial charge in [0.2, 0.25) is 0 Å². The zero-order valence-electron chi connectivity index (χ0n) is 12.9. The largest absolute Gasteiger partial charge is 0.468 e. The third-order valence-corrected chi connectivity index (χ3v) is 4.18. The minimum Gasteiger partial charge on any atom is -0.468 e. The van der Waals surface area contributed by atoms with E-state index in [4.69, 9.17) is 10.5 Å². The fourth-order valence-electron chi connectivity index (χ4n) is 2.96. The lowest BCUT2D eigenvalue weighted by molar-refractivity contribution is -0.148. The molecule has 0 spiro atoms.